The predicted octanol–water partition coefficient (Wildman–Crippen LogP) is 4.77. The molecule has 0 saturated heterocycles. The number of hydrogen-bond donors (Lipinski definition) is 2. The first kappa shape index (κ1) is 32.8. The van der Waals surface area contributed by atoms with Gasteiger partial charge in [0.15, 0.2) is 0 Å². The molecule has 0 radical (unpaired) electrons. The first-order chi connectivity index (χ1) is 17.5. The molecule has 2 N–H and O–H groups in total. The van der Waals surface area contributed by atoms with Crippen LogP contribution < -0.4 is 21.1 Å². The minimum atomic E-state index is -0.0472. The second-order valence-corrected chi connectivity index (χ2v) is 7.71. The molecule has 0 heterocycles. The molecule has 2 amide bonds. The molecule has 36 heavy (non-hydrogen) atoms. The van der Waals surface area contributed by atoms with Crippen LogP contribution in [0.15, 0.2) is 60.7 Å². The Bertz CT molecular complexity index is 1010. The fraction of sp³-hybridized carbons (Fsp3) is 0.419. The molecule has 5 nitrogen and oxygen atoms in total. The number of carbonyl (C=O) groups is 2. The second-order valence-electron chi connectivity index (χ2n) is 7.71. The highest BCUT2D eigenvalue weighted by Crippen LogP contribution is 1.98. The summed E-state index contributed by atoms with van der Waals surface area (Å²) in [5, 5.41) is 8.11. The van der Waals surface area contributed by atoms with Crippen LogP contribution in [0.25, 0.3) is 12.2 Å². The van der Waals surface area contributed by atoms with E-state index in [0.717, 1.165) is 36.4 Å². The summed E-state index contributed by atoms with van der Waals surface area (Å²) >= 11 is 0. The summed E-state index contributed by atoms with van der Waals surface area (Å²) in [6.07, 6.45) is 9.76. The average Bonchev–Trinajstić information content (AvgIpc) is 2.94. The van der Waals surface area contributed by atoms with Crippen LogP contribution in [-0.4, -0.2) is 49.9 Å². The van der Waals surface area contributed by atoms with Crippen LogP contribution in [0.1, 0.15) is 75.1 Å². The zero-order valence-electron chi connectivity index (χ0n) is 23.4. The molecule has 2 aromatic carbocycles. The van der Waals surface area contributed by atoms with Crippen LogP contribution in [0.4, 0.5) is 0 Å². The first-order valence-electron chi connectivity index (χ1n) is 13.2. The molecule has 0 aliphatic heterocycles. The highest BCUT2D eigenvalue weighted by Gasteiger charge is 2.06. The van der Waals surface area contributed by atoms with Crippen molar-refractivity contribution in [2.45, 2.75) is 54.4 Å². The van der Waals surface area contributed by atoms with Gasteiger partial charge in [0.1, 0.15) is 0 Å². The van der Waals surface area contributed by atoms with Crippen molar-refractivity contribution >= 4 is 24.0 Å². The highest BCUT2D eigenvalue weighted by atomic mass is 16.2. The lowest BCUT2D eigenvalue weighted by Crippen LogP contribution is -2.32. The van der Waals surface area contributed by atoms with Gasteiger partial charge in [-0.2, -0.15) is 0 Å². The predicted molar refractivity (Wildman–Crippen MR) is 156 cm³/mol. The molecular weight excluding hydrogens is 446 g/mol. The Morgan fingerprint density at radius 3 is 1.86 bits per heavy atom. The Kier molecular flexibility index (Phi) is 19.3. The number of amides is 2. The third-order valence-electron chi connectivity index (χ3n) is 5.17. The van der Waals surface area contributed by atoms with E-state index in [2.05, 4.69) is 22.6 Å². The maximum atomic E-state index is 12.5. The standard InChI is InChI=1S/C27H35N3O2.2C2H6/c1-4-6-12-24-21-25(16-15-22(24)5-2)27(32)29-18-11-20-30(3)19-10-17-28-26(31)23-13-8-7-9-14-23;2*1-2/h4-9,12-16,21H,10-11,17-20H2,1-3H3,(H,28,31)(H,29,32);2*1-2H3/b6-4-,22-5-,24-12-;;. The molecule has 2 aromatic rings. The van der Waals surface area contributed by atoms with Crippen molar-refractivity contribution in [1.82, 2.24) is 15.5 Å². The fourth-order valence-electron chi connectivity index (χ4n) is 3.33. The van der Waals surface area contributed by atoms with E-state index in [1.165, 1.54) is 0 Å². The van der Waals surface area contributed by atoms with Gasteiger partial charge in [-0.05, 0) is 81.5 Å². The summed E-state index contributed by atoms with van der Waals surface area (Å²) in [4.78, 5) is 26.7. The van der Waals surface area contributed by atoms with Crippen molar-refractivity contribution in [3.63, 3.8) is 0 Å². The van der Waals surface area contributed by atoms with Gasteiger partial charge in [0, 0.05) is 24.2 Å². The Balaban J connectivity index is 0.00000291. The summed E-state index contributed by atoms with van der Waals surface area (Å²) in [5.74, 6) is -0.0821. The highest BCUT2D eigenvalue weighted by molar-refractivity contribution is 5.94. The van der Waals surface area contributed by atoms with Crippen molar-refractivity contribution in [2.24, 2.45) is 0 Å². The lowest BCUT2D eigenvalue weighted by atomic mass is 10.1. The van der Waals surface area contributed by atoms with Crippen molar-refractivity contribution in [2.75, 3.05) is 33.2 Å². The molecule has 0 saturated carbocycles. The molecule has 198 valence electrons. The number of nitrogens with zero attached hydrogens (tertiary/aromatic N) is 1. The lowest BCUT2D eigenvalue weighted by Gasteiger charge is -2.16. The zero-order chi connectivity index (χ0) is 27.2. The number of nitrogens with one attached hydrogen (secondary N) is 2. The van der Waals surface area contributed by atoms with Crippen molar-refractivity contribution < 1.29 is 9.59 Å². The Morgan fingerprint density at radius 1 is 0.778 bits per heavy atom. The van der Waals surface area contributed by atoms with Gasteiger partial charge in [0.2, 0.25) is 0 Å². The van der Waals surface area contributed by atoms with Crippen LogP contribution in [0.2, 0.25) is 0 Å². The van der Waals surface area contributed by atoms with Crippen molar-refractivity contribution in [3.8, 4) is 0 Å². The van der Waals surface area contributed by atoms with Crippen LogP contribution >= 0.6 is 0 Å². The quantitative estimate of drug-likeness (QED) is 0.444. The number of benzene rings is 2. The summed E-state index contributed by atoms with van der Waals surface area (Å²) in [7, 11) is 2.06. The third-order valence-corrected chi connectivity index (χ3v) is 5.17. The van der Waals surface area contributed by atoms with Crippen molar-refractivity contribution in [3.05, 3.63) is 82.2 Å². The van der Waals surface area contributed by atoms with Crippen LogP contribution in [-0.2, 0) is 0 Å². The molecule has 0 aliphatic rings. The van der Waals surface area contributed by atoms with Gasteiger partial charge in [0.25, 0.3) is 11.8 Å². The second kappa shape index (κ2) is 21.1. The van der Waals surface area contributed by atoms with E-state index in [4.69, 9.17) is 0 Å². The summed E-state index contributed by atoms with van der Waals surface area (Å²) in [5.41, 5.74) is 1.36. The molecule has 2 rings (SSSR count). The van der Waals surface area contributed by atoms with E-state index in [9.17, 15) is 9.59 Å². The van der Waals surface area contributed by atoms with Gasteiger partial charge < -0.3 is 15.5 Å². The zero-order valence-corrected chi connectivity index (χ0v) is 23.4. The molecular formula is C31H47N3O2. The van der Waals surface area contributed by atoms with E-state index in [1.54, 1.807) is 0 Å². The SMILES string of the molecule is CC.CC.C\C=C/C=c1/cc(C(=O)NCCCN(C)CCCNC(=O)c2ccccc2)cc/c1=C/C. The van der Waals surface area contributed by atoms with Crippen LogP contribution in [0, 0.1) is 0 Å². The van der Waals surface area contributed by atoms with Crippen molar-refractivity contribution in [1.29, 1.82) is 0 Å². The average molecular weight is 494 g/mol. The van der Waals surface area contributed by atoms with Gasteiger partial charge in [-0.1, -0.05) is 76.3 Å². The normalized spacial score (nSPS) is 11.4. The first-order valence-corrected chi connectivity index (χ1v) is 13.2. The molecule has 0 bridgehead atoms. The smallest absolute Gasteiger partial charge is 0.251 e. The fourth-order valence-corrected chi connectivity index (χ4v) is 3.33. The van der Waals surface area contributed by atoms with Gasteiger partial charge >= 0.3 is 0 Å². The third kappa shape index (κ3) is 13.1. The van der Waals surface area contributed by atoms with E-state index in [1.807, 2.05) is 114 Å². The maximum Gasteiger partial charge on any atom is 0.251 e. The summed E-state index contributed by atoms with van der Waals surface area (Å²) in [6, 6.07) is 15.0. The van der Waals surface area contributed by atoms with E-state index in [0.29, 0.717) is 24.2 Å². The van der Waals surface area contributed by atoms with Gasteiger partial charge in [0.05, 0.1) is 0 Å². The molecule has 0 aliphatic carbocycles. The monoisotopic (exact) mass is 493 g/mol. The van der Waals surface area contributed by atoms with Crippen LogP contribution in [0.5, 0.6) is 0 Å². The minimum Gasteiger partial charge on any atom is -0.352 e. The lowest BCUT2D eigenvalue weighted by molar-refractivity contribution is 0.0945. The molecule has 0 atom stereocenters. The van der Waals surface area contributed by atoms with E-state index in [-0.39, 0.29) is 11.8 Å². The Labute approximate surface area is 219 Å². The van der Waals surface area contributed by atoms with E-state index < -0.39 is 0 Å². The minimum absolute atomic E-state index is 0.0349. The molecule has 5 heteroatoms. The Morgan fingerprint density at radius 2 is 1.33 bits per heavy atom. The molecule has 0 unspecified atom stereocenters. The summed E-state index contributed by atoms with van der Waals surface area (Å²) < 4.78 is 0. The van der Waals surface area contributed by atoms with Gasteiger partial charge in [-0.25, -0.2) is 0 Å². The molecule has 0 fully saturated rings. The van der Waals surface area contributed by atoms with Crippen LogP contribution in [0.3, 0.4) is 0 Å². The topological polar surface area (TPSA) is 61.4 Å². The number of carbonyl (C=O) groups excluding carboxylic acids is 2. The number of hydrogen-bond acceptors (Lipinski definition) is 3. The molecule has 0 spiro atoms. The van der Waals surface area contributed by atoms with E-state index >= 15 is 0 Å². The largest absolute Gasteiger partial charge is 0.352 e. The summed E-state index contributed by atoms with van der Waals surface area (Å²) in [6.45, 7) is 15.0. The maximum absolute atomic E-state index is 12.5. The van der Waals surface area contributed by atoms with Gasteiger partial charge in [-0.15, -0.1) is 0 Å². The van der Waals surface area contributed by atoms with Gasteiger partial charge in [-0.3, -0.25) is 9.59 Å². The number of allylic oxidation sites excluding steroid dienone is 2. The molecule has 0 aromatic heterocycles. The Hall–Kier alpha value is -3.18. The number of rotatable bonds is 11.